The topological polar surface area (TPSA) is 154 Å². The molecule has 8 aromatic rings. The van der Waals surface area contributed by atoms with Crippen molar-refractivity contribution in [2.45, 2.75) is 52.5 Å². The maximum absolute atomic E-state index is 13.8. The van der Waals surface area contributed by atoms with Crippen molar-refractivity contribution in [2.75, 3.05) is 0 Å². The van der Waals surface area contributed by atoms with Crippen LogP contribution in [0.1, 0.15) is 97.1 Å². The average molecular weight is 1210 g/mol. The van der Waals surface area contributed by atoms with E-state index in [-0.39, 0.29) is 91.6 Å². The van der Waals surface area contributed by atoms with E-state index >= 15 is 0 Å². The SMILES string of the molecule is [C-]#[N+]c1cc(C(=O)NCc2c(F)cccc2Cl)n(C(C)C)c1.[C-]#[N+]c1cc(C(=O)NCc2c(F)cccc2Cl)n(C)c1.[C-]#[N+]c1ccc(C(=O)NCc2c(F)cccc2Cl)n1C.[C-]#[N+]c1ccc(C(=O)N[C@@H](C)c2c(F)cccc2Cl)n1C. The molecule has 0 bridgehead atoms. The standard InChI is InChI=1S/C16H15ClFN3O.C15H13ClFN3O.2C14H11ClFN3O/c1-10(2)21-9-11(19-3)7-15(21)16(22)20-8-12-13(17)5-4-6-14(12)18;1-9(14-10(16)5-4-6-11(14)17)19-15(21)12-7-8-13(18-2)20(12)3;1-17-9-6-13(19(2)8-9)14(20)18-7-10-11(15)4-3-5-12(10)16;1-17-13-7-6-12(19(13)2)14(20)18-8-9-10(15)4-3-5-11(9)16/h4-7,9-10H,8H2,1-2H3,(H,20,22);4-9H,1,3H3,(H,19,21);3-6,8H,7H2,2H3,(H,18,20);3-7H,8H2,2H3,(H,18,20)/t;9-;;/m.0../s1. The van der Waals surface area contributed by atoms with Crippen LogP contribution in [0.5, 0.6) is 0 Å². The monoisotopic (exact) mass is 1210 g/mol. The molecule has 0 unspecified atom stereocenters. The zero-order valence-electron chi connectivity index (χ0n) is 45.1. The Morgan fingerprint density at radius 1 is 0.482 bits per heavy atom. The summed E-state index contributed by atoms with van der Waals surface area (Å²) in [6, 6.07) is 26.1. The maximum Gasteiger partial charge on any atom is 0.290 e. The molecule has 0 aliphatic carbocycles. The molecule has 0 saturated carbocycles. The van der Waals surface area contributed by atoms with E-state index in [1.165, 1.54) is 69.8 Å². The molecule has 4 aromatic heterocycles. The third kappa shape index (κ3) is 16.7. The molecule has 0 fully saturated rings. The third-order valence-corrected chi connectivity index (χ3v) is 13.6. The minimum Gasteiger partial charge on any atom is -0.364 e. The molecular weight excluding hydrogens is 1160 g/mol. The molecule has 1 atom stereocenters. The summed E-state index contributed by atoms with van der Waals surface area (Å²) in [4.78, 5) is 61.6. The van der Waals surface area contributed by atoms with Crippen LogP contribution in [0.25, 0.3) is 19.4 Å². The number of carbonyl (C=O) groups is 4. The number of amides is 4. The Kier molecular flexibility index (Phi) is 23.3. The largest absolute Gasteiger partial charge is 0.364 e. The molecule has 0 radical (unpaired) electrons. The highest BCUT2D eigenvalue weighted by atomic mass is 35.5. The van der Waals surface area contributed by atoms with Gasteiger partial charge in [-0.15, -0.1) is 0 Å². The van der Waals surface area contributed by atoms with Gasteiger partial charge in [0, 0.05) is 87.5 Å². The van der Waals surface area contributed by atoms with E-state index in [0.29, 0.717) is 45.8 Å². The van der Waals surface area contributed by atoms with Crippen molar-refractivity contribution in [2.24, 2.45) is 21.1 Å². The first kappa shape index (κ1) is 64.5. The van der Waals surface area contributed by atoms with Gasteiger partial charge in [-0.05, 0) is 106 Å². The van der Waals surface area contributed by atoms with E-state index in [1.807, 2.05) is 13.8 Å². The second-order valence-corrected chi connectivity index (χ2v) is 19.6. The van der Waals surface area contributed by atoms with Gasteiger partial charge >= 0.3 is 0 Å². The molecule has 0 saturated heterocycles. The predicted molar refractivity (Wildman–Crippen MR) is 311 cm³/mol. The zero-order chi connectivity index (χ0) is 61.2. The van der Waals surface area contributed by atoms with Gasteiger partial charge in [-0.25, -0.2) is 27.3 Å². The Morgan fingerprint density at radius 3 is 1.23 bits per heavy atom. The fourth-order valence-corrected chi connectivity index (χ4v) is 8.82. The van der Waals surface area contributed by atoms with Gasteiger partial charge in [0.05, 0.1) is 44.7 Å². The van der Waals surface area contributed by atoms with Crippen molar-refractivity contribution < 1.29 is 36.7 Å². The van der Waals surface area contributed by atoms with Crippen molar-refractivity contribution in [3.63, 3.8) is 0 Å². The molecule has 0 spiro atoms. The number of nitrogens with zero attached hydrogens (tertiary/aromatic N) is 8. The zero-order valence-corrected chi connectivity index (χ0v) is 48.1. The molecule has 83 heavy (non-hydrogen) atoms. The summed E-state index contributed by atoms with van der Waals surface area (Å²) in [6.45, 7) is 33.3. The lowest BCUT2D eigenvalue weighted by Gasteiger charge is -2.16. The molecule has 4 amide bonds. The van der Waals surface area contributed by atoms with Crippen molar-refractivity contribution >= 4 is 93.0 Å². The lowest BCUT2D eigenvalue weighted by molar-refractivity contribution is 0.0925. The van der Waals surface area contributed by atoms with Crippen molar-refractivity contribution in [1.82, 2.24) is 39.5 Å². The number of aryl methyl sites for hydroxylation is 1. The Bertz CT molecular complexity index is 3730. The van der Waals surface area contributed by atoms with Crippen molar-refractivity contribution in [3.05, 3.63) is 256 Å². The fraction of sp³-hybridized carbons (Fsp3) is 0.186. The van der Waals surface area contributed by atoms with E-state index in [2.05, 4.69) is 40.6 Å². The summed E-state index contributed by atoms with van der Waals surface area (Å²) in [7, 11) is 4.92. The van der Waals surface area contributed by atoms with Crippen LogP contribution in [0.4, 0.5) is 40.6 Å². The second kappa shape index (κ2) is 30.0. The lowest BCUT2D eigenvalue weighted by atomic mass is 10.1. The van der Waals surface area contributed by atoms with Gasteiger partial charge in [0.15, 0.2) is 11.4 Å². The number of aromatic nitrogens is 4. The minimum atomic E-state index is -0.586. The summed E-state index contributed by atoms with van der Waals surface area (Å²) in [5.74, 6) is -2.68. The van der Waals surface area contributed by atoms with Crippen molar-refractivity contribution in [3.8, 4) is 0 Å². The van der Waals surface area contributed by atoms with Gasteiger partial charge in [0.2, 0.25) is 23.0 Å². The Hall–Kier alpha value is -9.28. The van der Waals surface area contributed by atoms with E-state index in [0.717, 1.165) is 0 Å². The number of hydrogen-bond acceptors (Lipinski definition) is 4. The average Bonchev–Trinajstić information content (AvgIpc) is 4.49. The minimum absolute atomic E-state index is 0.0110. The van der Waals surface area contributed by atoms with Crippen LogP contribution in [-0.4, -0.2) is 41.9 Å². The number of hydrogen-bond donors (Lipinski definition) is 4. The van der Waals surface area contributed by atoms with E-state index in [4.69, 9.17) is 72.7 Å². The summed E-state index contributed by atoms with van der Waals surface area (Å²) in [5, 5.41) is 11.6. The predicted octanol–water partition coefficient (Wildman–Crippen LogP) is 14.8. The molecule has 426 valence electrons. The van der Waals surface area contributed by atoms with Gasteiger partial charge < -0.3 is 40.1 Å². The van der Waals surface area contributed by atoms with Crippen LogP contribution >= 0.6 is 46.4 Å². The normalized spacial score (nSPS) is 10.6. The molecular formula is C59H50Cl4F4N12O4. The summed E-state index contributed by atoms with van der Waals surface area (Å²) >= 11 is 23.7. The first-order chi connectivity index (χ1) is 39.5. The number of rotatable bonds is 13. The fourth-order valence-electron chi connectivity index (χ4n) is 7.80. The number of halogens is 8. The molecule has 4 aromatic carbocycles. The van der Waals surface area contributed by atoms with Gasteiger partial charge in [-0.1, -0.05) is 83.8 Å². The van der Waals surface area contributed by atoms with Crippen LogP contribution in [-0.2, 0) is 40.8 Å². The second-order valence-electron chi connectivity index (χ2n) is 18.0. The van der Waals surface area contributed by atoms with E-state index in [9.17, 15) is 36.7 Å². The molecule has 0 aliphatic rings. The smallest absolute Gasteiger partial charge is 0.290 e. The summed E-state index contributed by atoms with van der Waals surface area (Å²) < 4.78 is 60.8. The van der Waals surface area contributed by atoms with E-state index < -0.39 is 29.3 Å². The quantitative estimate of drug-likeness (QED) is 0.0670. The first-order valence-corrected chi connectivity index (χ1v) is 26.0. The van der Waals surface area contributed by atoms with Crippen LogP contribution < -0.4 is 21.3 Å². The number of nitrogens with one attached hydrogen (secondary N) is 4. The van der Waals surface area contributed by atoms with E-state index in [1.54, 1.807) is 98.1 Å². The van der Waals surface area contributed by atoms with Gasteiger partial charge in [-0.2, -0.15) is 0 Å². The highest BCUT2D eigenvalue weighted by molar-refractivity contribution is 6.32. The number of carbonyl (C=O) groups excluding carboxylic acids is 4. The van der Waals surface area contributed by atoms with Crippen LogP contribution in [0.2, 0.25) is 20.1 Å². The first-order valence-electron chi connectivity index (χ1n) is 24.5. The van der Waals surface area contributed by atoms with Crippen LogP contribution in [0, 0.1) is 49.6 Å². The molecule has 16 nitrogen and oxygen atoms in total. The lowest BCUT2D eigenvalue weighted by Crippen LogP contribution is -2.28. The molecule has 0 aliphatic heterocycles. The summed E-state index contributed by atoms with van der Waals surface area (Å²) in [6.07, 6.45) is 3.18. The highest BCUT2D eigenvalue weighted by Gasteiger charge is 2.22. The molecule has 4 heterocycles. The number of benzene rings is 4. The molecule has 4 N–H and O–H groups in total. The Balaban J connectivity index is 0.000000203. The van der Waals surface area contributed by atoms with Gasteiger partial charge in [0.1, 0.15) is 23.3 Å². The van der Waals surface area contributed by atoms with Gasteiger partial charge in [-0.3, -0.25) is 28.3 Å². The third-order valence-electron chi connectivity index (χ3n) is 12.2. The maximum atomic E-state index is 13.8. The Labute approximate surface area is 496 Å². The highest BCUT2D eigenvalue weighted by Crippen LogP contribution is 2.28. The van der Waals surface area contributed by atoms with Crippen LogP contribution in [0.3, 0.4) is 0 Å². The van der Waals surface area contributed by atoms with Crippen LogP contribution in [0.15, 0.2) is 122 Å². The van der Waals surface area contributed by atoms with Crippen molar-refractivity contribution in [1.29, 1.82) is 0 Å². The molecule has 24 heteroatoms. The summed E-state index contributed by atoms with van der Waals surface area (Å²) in [5.41, 5.74) is 3.10. The van der Waals surface area contributed by atoms with Gasteiger partial charge in [0.25, 0.3) is 23.6 Å². The molecule has 8 rings (SSSR count). The Morgan fingerprint density at radius 2 is 0.855 bits per heavy atom.